The quantitative estimate of drug-likeness (QED) is 0.715. The fourth-order valence-corrected chi connectivity index (χ4v) is 3.30. The molecule has 0 amide bonds. The van der Waals surface area contributed by atoms with Crippen molar-refractivity contribution in [3.05, 3.63) is 29.8 Å². The first-order valence-electron chi connectivity index (χ1n) is 7.06. The van der Waals surface area contributed by atoms with E-state index in [9.17, 15) is 13.2 Å². The standard InChI is InChI=1S/C15H20F3NS/c1-2-13-5-3-4-10-19(13)11-12-6-8-14(9-7-12)20-15(16,17)18/h6-9,13H,2-5,10-11H2,1H3. The second-order valence-electron chi connectivity index (χ2n) is 5.22. The molecule has 1 aromatic carbocycles. The molecule has 1 fully saturated rings. The average Bonchev–Trinajstić information content (AvgIpc) is 2.40. The van der Waals surface area contributed by atoms with E-state index in [0.717, 1.165) is 25.1 Å². The first-order chi connectivity index (χ1) is 9.48. The van der Waals surface area contributed by atoms with Gasteiger partial charge in [-0.15, -0.1) is 0 Å². The van der Waals surface area contributed by atoms with Gasteiger partial charge in [-0.3, -0.25) is 4.90 Å². The molecule has 1 unspecified atom stereocenters. The molecule has 0 spiro atoms. The van der Waals surface area contributed by atoms with Gasteiger partial charge in [0, 0.05) is 17.5 Å². The summed E-state index contributed by atoms with van der Waals surface area (Å²) in [6.07, 6.45) is 4.88. The van der Waals surface area contributed by atoms with Crippen LogP contribution in [0.15, 0.2) is 29.2 Å². The van der Waals surface area contributed by atoms with Gasteiger partial charge in [0.05, 0.1) is 0 Å². The van der Waals surface area contributed by atoms with Crippen LogP contribution >= 0.6 is 11.8 Å². The lowest BCUT2D eigenvalue weighted by atomic mass is 9.99. The zero-order valence-corrected chi connectivity index (χ0v) is 12.4. The Morgan fingerprint density at radius 3 is 2.50 bits per heavy atom. The molecule has 20 heavy (non-hydrogen) atoms. The zero-order valence-electron chi connectivity index (χ0n) is 11.6. The van der Waals surface area contributed by atoms with Crippen molar-refractivity contribution >= 4 is 11.8 Å². The molecular formula is C15H20F3NS. The molecule has 0 saturated carbocycles. The maximum atomic E-state index is 12.3. The van der Waals surface area contributed by atoms with Crippen LogP contribution in [0.3, 0.4) is 0 Å². The Hall–Kier alpha value is -0.680. The van der Waals surface area contributed by atoms with Gasteiger partial charge in [0.2, 0.25) is 0 Å². The number of hydrogen-bond acceptors (Lipinski definition) is 2. The number of piperidine rings is 1. The largest absolute Gasteiger partial charge is 0.446 e. The molecule has 1 aliphatic rings. The van der Waals surface area contributed by atoms with Crippen LogP contribution in [0.25, 0.3) is 0 Å². The average molecular weight is 303 g/mol. The first-order valence-corrected chi connectivity index (χ1v) is 7.88. The molecule has 0 aliphatic carbocycles. The van der Waals surface area contributed by atoms with Gasteiger partial charge in [0.25, 0.3) is 0 Å². The topological polar surface area (TPSA) is 3.24 Å². The molecule has 0 radical (unpaired) electrons. The second-order valence-corrected chi connectivity index (χ2v) is 6.36. The lowest BCUT2D eigenvalue weighted by molar-refractivity contribution is -0.0328. The van der Waals surface area contributed by atoms with Crippen molar-refractivity contribution in [1.29, 1.82) is 0 Å². The maximum Gasteiger partial charge on any atom is 0.446 e. The number of nitrogens with zero attached hydrogens (tertiary/aromatic N) is 1. The fraction of sp³-hybridized carbons (Fsp3) is 0.600. The van der Waals surface area contributed by atoms with Crippen molar-refractivity contribution in [2.24, 2.45) is 0 Å². The van der Waals surface area contributed by atoms with E-state index in [4.69, 9.17) is 0 Å². The highest BCUT2D eigenvalue weighted by molar-refractivity contribution is 8.00. The minimum Gasteiger partial charge on any atom is -0.296 e. The Balaban J connectivity index is 1.96. The van der Waals surface area contributed by atoms with Crippen molar-refractivity contribution in [2.45, 2.75) is 55.6 Å². The van der Waals surface area contributed by atoms with Crippen LogP contribution in [0, 0.1) is 0 Å². The number of alkyl halides is 3. The van der Waals surface area contributed by atoms with Gasteiger partial charge < -0.3 is 0 Å². The maximum absolute atomic E-state index is 12.3. The molecule has 1 nitrogen and oxygen atoms in total. The van der Waals surface area contributed by atoms with Crippen LogP contribution in [0.5, 0.6) is 0 Å². The number of thioether (sulfide) groups is 1. The molecule has 1 aromatic rings. The van der Waals surface area contributed by atoms with E-state index in [0.29, 0.717) is 6.04 Å². The Labute approximate surface area is 122 Å². The van der Waals surface area contributed by atoms with E-state index in [1.807, 2.05) is 12.1 Å². The Bertz CT molecular complexity index is 416. The van der Waals surface area contributed by atoms with Gasteiger partial charge in [-0.05, 0) is 55.3 Å². The van der Waals surface area contributed by atoms with Crippen LogP contribution in [0.4, 0.5) is 13.2 Å². The summed E-state index contributed by atoms with van der Waals surface area (Å²) in [5.41, 5.74) is -3.11. The molecule has 5 heteroatoms. The fourth-order valence-electron chi connectivity index (χ4n) is 2.76. The first kappa shape index (κ1) is 15.7. The van der Waals surface area contributed by atoms with E-state index in [-0.39, 0.29) is 16.7 Å². The number of benzene rings is 1. The summed E-state index contributed by atoms with van der Waals surface area (Å²) >= 11 is -0.0530. The zero-order chi connectivity index (χ0) is 14.6. The van der Waals surface area contributed by atoms with Gasteiger partial charge in [-0.2, -0.15) is 13.2 Å². The predicted molar refractivity (Wildman–Crippen MR) is 76.7 cm³/mol. The molecular weight excluding hydrogens is 283 g/mol. The Morgan fingerprint density at radius 2 is 1.90 bits per heavy atom. The van der Waals surface area contributed by atoms with E-state index >= 15 is 0 Å². The Kier molecular flexibility index (Phi) is 5.38. The molecule has 0 bridgehead atoms. The SMILES string of the molecule is CCC1CCCCN1Cc1ccc(SC(F)(F)F)cc1. The van der Waals surface area contributed by atoms with Crippen molar-refractivity contribution in [3.8, 4) is 0 Å². The number of rotatable bonds is 4. The molecule has 1 saturated heterocycles. The van der Waals surface area contributed by atoms with E-state index < -0.39 is 5.51 Å². The summed E-state index contributed by atoms with van der Waals surface area (Å²) in [5, 5.41) is 0. The highest BCUT2D eigenvalue weighted by Crippen LogP contribution is 2.36. The number of likely N-dealkylation sites (tertiary alicyclic amines) is 1. The molecule has 0 N–H and O–H groups in total. The summed E-state index contributed by atoms with van der Waals surface area (Å²) in [6.45, 7) is 4.14. The van der Waals surface area contributed by atoms with Crippen molar-refractivity contribution in [2.75, 3.05) is 6.54 Å². The number of hydrogen-bond donors (Lipinski definition) is 0. The predicted octanol–water partition coefficient (Wildman–Crippen LogP) is 5.06. The van der Waals surface area contributed by atoms with Crippen LogP contribution < -0.4 is 0 Å². The minimum absolute atomic E-state index is 0.0530. The highest BCUT2D eigenvalue weighted by atomic mass is 32.2. The van der Waals surface area contributed by atoms with Crippen LogP contribution in [0.1, 0.15) is 38.2 Å². The van der Waals surface area contributed by atoms with E-state index in [1.165, 1.54) is 19.3 Å². The Morgan fingerprint density at radius 1 is 1.20 bits per heavy atom. The van der Waals surface area contributed by atoms with Crippen molar-refractivity contribution in [3.63, 3.8) is 0 Å². The van der Waals surface area contributed by atoms with Gasteiger partial charge in [0.1, 0.15) is 0 Å². The molecule has 2 rings (SSSR count). The van der Waals surface area contributed by atoms with Crippen molar-refractivity contribution in [1.82, 2.24) is 4.90 Å². The highest BCUT2D eigenvalue weighted by Gasteiger charge is 2.29. The molecule has 1 atom stereocenters. The summed E-state index contributed by atoms with van der Waals surface area (Å²) in [4.78, 5) is 2.71. The van der Waals surface area contributed by atoms with Gasteiger partial charge in [-0.25, -0.2) is 0 Å². The van der Waals surface area contributed by atoms with Crippen molar-refractivity contribution < 1.29 is 13.2 Å². The summed E-state index contributed by atoms with van der Waals surface area (Å²) < 4.78 is 36.8. The summed E-state index contributed by atoms with van der Waals surface area (Å²) in [5.74, 6) is 0. The lowest BCUT2D eigenvalue weighted by Crippen LogP contribution is -2.38. The smallest absolute Gasteiger partial charge is 0.296 e. The third kappa shape index (κ3) is 4.70. The normalized spacial score (nSPS) is 21.1. The lowest BCUT2D eigenvalue weighted by Gasteiger charge is -2.35. The molecule has 112 valence electrons. The minimum atomic E-state index is -4.21. The second kappa shape index (κ2) is 6.85. The third-order valence-electron chi connectivity index (χ3n) is 3.76. The van der Waals surface area contributed by atoms with Crippen LogP contribution in [0.2, 0.25) is 0 Å². The van der Waals surface area contributed by atoms with Crippen LogP contribution in [-0.4, -0.2) is 23.0 Å². The van der Waals surface area contributed by atoms with E-state index in [1.54, 1.807) is 12.1 Å². The molecule has 1 heterocycles. The summed E-state index contributed by atoms with van der Waals surface area (Å²) in [7, 11) is 0. The molecule has 0 aromatic heterocycles. The van der Waals surface area contributed by atoms with Gasteiger partial charge in [0.15, 0.2) is 0 Å². The summed E-state index contributed by atoms with van der Waals surface area (Å²) in [6, 6.07) is 7.38. The monoisotopic (exact) mass is 303 g/mol. The third-order valence-corrected chi connectivity index (χ3v) is 4.50. The number of halogens is 3. The van der Waals surface area contributed by atoms with Gasteiger partial charge in [-0.1, -0.05) is 25.5 Å². The molecule has 1 aliphatic heterocycles. The van der Waals surface area contributed by atoms with E-state index in [2.05, 4.69) is 11.8 Å². The van der Waals surface area contributed by atoms with Gasteiger partial charge >= 0.3 is 5.51 Å². The van der Waals surface area contributed by atoms with Crippen LogP contribution in [-0.2, 0) is 6.54 Å².